The number of aliphatic hydroxyl groups excluding tert-OH is 2. The number of alkyl halides is 10. The monoisotopic (exact) mass is 763 g/mol. The summed E-state index contributed by atoms with van der Waals surface area (Å²) in [4.78, 5) is 1.21. The quantitative estimate of drug-likeness (QED) is 0.0868. The molecule has 1 heterocycles. The van der Waals surface area contributed by atoms with Crippen molar-refractivity contribution in [2.45, 2.75) is 109 Å². The smallest absolute Gasteiger partial charge is 0.392 e. The van der Waals surface area contributed by atoms with Crippen LogP contribution in [0.5, 0.6) is 0 Å². The highest BCUT2D eigenvalue weighted by Gasteiger charge is 2.83. The molecule has 0 aliphatic carbocycles. The second-order valence-corrected chi connectivity index (χ2v) is 12.3. The fourth-order valence-corrected chi connectivity index (χ4v) is 5.33. The van der Waals surface area contributed by atoms with Gasteiger partial charge < -0.3 is 25.7 Å². The van der Waals surface area contributed by atoms with Crippen molar-refractivity contribution >= 4 is 21.9 Å². The maximum absolute atomic E-state index is 13.1. The van der Waals surface area contributed by atoms with Gasteiger partial charge in [0.1, 0.15) is 0 Å². The Morgan fingerprint density at radius 2 is 1.29 bits per heavy atom. The first-order chi connectivity index (χ1) is 23.5. The van der Waals surface area contributed by atoms with Crippen LogP contribution in [0, 0.1) is 0 Å². The number of halogens is 10. The minimum atomic E-state index is -6.84. The first-order valence-electron chi connectivity index (χ1n) is 15.8. The summed E-state index contributed by atoms with van der Waals surface area (Å²) in [6.45, 7) is 8.11. The van der Waals surface area contributed by atoms with Gasteiger partial charge in [0.05, 0.1) is 23.8 Å². The number of hydrogen-bond donors (Lipinski definition) is 5. The lowest BCUT2D eigenvalue weighted by Gasteiger charge is -2.40. The van der Waals surface area contributed by atoms with Crippen LogP contribution < -0.4 is 5.32 Å². The first-order valence-corrected chi connectivity index (χ1v) is 16.6. The van der Waals surface area contributed by atoms with E-state index in [1.54, 1.807) is 11.3 Å². The summed E-state index contributed by atoms with van der Waals surface area (Å²) >= 11 is 1.71. The number of anilines is 1. The van der Waals surface area contributed by atoms with Gasteiger partial charge in [-0.3, -0.25) is 0 Å². The van der Waals surface area contributed by atoms with Gasteiger partial charge >= 0.3 is 24.2 Å². The SMILES string of the molecule is CC/C(=C\C=C\C(O)(CC)CC)c1ccc(NCc2ccc(CO)c(CO)c2)s1.CCC=CC=CC(O)(C(F)(F)C(F)(F)F)C(F)(F)C(F)(F)F. The van der Waals surface area contributed by atoms with Crippen molar-refractivity contribution in [3.63, 3.8) is 0 Å². The van der Waals surface area contributed by atoms with Crippen molar-refractivity contribution in [1.82, 2.24) is 0 Å². The molecule has 0 aliphatic heterocycles. The summed E-state index contributed by atoms with van der Waals surface area (Å²) < 4.78 is 125. The van der Waals surface area contributed by atoms with Crippen LogP contribution in [0.15, 0.2) is 72.9 Å². The molecule has 16 heteroatoms. The summed E-state index contributed by atoms with van der Waals surface area (Å²) in [7, 11) is 0. The van der Waals surface area contributed by atoms with Gasteiger partial charge in [-0.25, -0.2) is 0 Å². The normalized spacial score (nSPS) is 14.1. The van der Waals surface area contributed by atoms with E-state index in [1.165, 1.54) is 17.4 Å². The molecule has 0 aliphatic rings. The average Bonchev–Trinajstić information content (AvgIpc) is 3.55. The van der Waals surface area contributed by atoms with Crippen molar-refractivity contribution in [2.75, 3.05) is 5.32 Å². The van der Waals surface area contributed by atoms with E-state index < -0.39 is 41.5 Å². The second-order valence-electron chi connectivity index (χ2n) is 11.3. The average molecular weight is 764 g/mol. The molecular weight excluding hydrogens is 720 g/mol. The zero-order valence-corrected chi connectivity index (χ0v) is 29.2. The minimum Gasteiger partial charge on any atom is -0.392 e. The molecule has 288 valence electrons. The molecule has 0 unspecified atom stereocenters. The van der Waals surface area contributed by atoms with Crippen molar-refractivity contribution in [3.05, 3.63) is 94.4 Å². The van der Waals surface area contributed by atoms with Crippen LogP contribution in [0.1, 0.15) is 74.9 Å². The van der Waals surface area contributed by atoms with Crippen LogP contribution in [0.2, 0.25) is 0 Å². The van der Waals surface area contributed by atoms with E-state index in [1.807, 2.05) is 44.2 Å². The number of nitrogens with one attached hydrogen (secondary N) is 1. The molecule has 0 bridgehead atoms. The lowest BCUT2D eigenvalue weighted by atomic mass is 9.86. The molecule has 0 fully saturated rings. The number of hydrogen-bond acceptors (Lipinski definition) is 6. The Balaban J connectivity index is 0.000000532. The van der Waals surface area contributed by atoms with Crippen LogP contribution >= 0.6 is 11.3 Å². The molecule has 5 N–H and O–H groups in total. The lowest BCUT2D eigenvalue weighted by molar-refractivity contribution is -0.409. The van der Waals surface area contributed by atoms with Gasteiger partial charge in [0, 0.05) is 11.4 Å². The van der Waals surface area contributed by atoms with E-state index in [2.05, 4.69) is 30.4 Å². The lowest BCUT2D eigenvalue weighted by Crippen LogP contribution is -2.69. The van der Waals surface area contributed by atoms with E-state index in [0.717, 1.165) is 34.2 Å². The Kier molecular flexibility index (Phi) is 17.1. The zero-order chi connectivity index (χ0) is 39.3. The van der Waals surface area contributed by atoms with Gasteiger partial charge in [0.15, 0.2) is 0 Å². The zero-order valence-electron chi connectivity index (χ0n) is 28.4. The number of aliphatic hydroxyl groups is 4. The van der Waals surface area contributed by atoms with E-state index in [0.29, 0.717) is 25.5 Å². The number of rotatable bonds is 16. The van der Waals surface area contributed by atoms with Crippen LogP contribution in [0.3, 0.4) is 0 Å². The molecule has 1 aromatic heterocycles. The van der Waals surface area contributed by atoms with Crippen LogP contribution in [0.4, 0.5) is 48.9 Å². The predicted molar refractivity (Wildman–Crippen MR) is 178 cm³/mol. The molecule has 51 heavy (non-hydrogen) atoms. The summed E-state index contributed by atoms with van der Waals surface area (Å²) in [6, 6.07) is 9.96. The Morgan fingerprint density at radius 1 is 0.725 bits per heavy atom. The summed E-state index contributed by atoms with van der Waals surface area (Å²) in [5.74, 6) is -13.5. The molecule has 0 amide bonds. The minimum absolute atomic E-state index is 0.0583. The van der Waals surface area contributed by atoms with Gasteiger partial charge in [-0.1, -0.05) is 82.4 Å². The van der Waals surface area contributed by atoms with E-state index in [9.17, 15) is 59.2 Å². The molecule has 0 radical (unpaired) electrons. The largest absolute Gasteiger partial charge is 0.457 e. The summed E-state index contributed by atoms with van der Waals surface area (Å²) in [5.41, 5.74) is -2.73. The molecule has 2 aromatic rings. The molecule has 0 saturated heterocycles. The van der Waals surface area contributed by atoms with E-state index >= 15 is 0 Å². The number of benzene rings is 1. The standard InChI is InChI=1S/C24H33NO3S.C11H10F10O/c1-4-19(8-7-13-24(28,5-2)6-3)22-11-12-23(29-22)25-15-18-9-10-20(16-26)21(14-18)17-27;1-2-3-4-5-6-7(22,8(12,13)10(16,17)18)9(14,15)11(19,20)21/h7-14,25-28H,4-6,15-17H2,1-3H3;3-6,22H,2H2,1H3/b13-7+,19-8+;. The summed E-state index contributed by atoms with van der Waals surface area (Å²) in [6.07, 6.45) is -4.35. The third-order valence-corrected chi connectivity index (χ3v) is 8.92. The van der Waals surface area contributed by atoms with E-state index in [-0.39, 0.29) is 25.7 Å². The first kappa shape index (κ1) is 45.8. The molecule has 0 spiro atoms. The summed E-state index contributed by atoms with van der Waals surface area (Å²) in [5, 5.41) is 42.6. The highest BCUT2D eigenvalue weighted by molar-refractivity contribution is 7.17. The predicted octanol–water partition coefficient (Wildman–Crippen LogP) is 9.88. The Labute approximate surface area is 294 Å². The van der Waals surface area contributed by atoms with Crippen molar-refractivity contribution < 1.29 is 64.3 Å². The molecule has 0 atom stereocenters. The molecule has 1 aromatic carbocycles. The van der Waals surface area contributed by atoms with Crippen molar-refractivity contribution in [3.8, 4) is 0 Å². The second kappa shape index (κ2) is 19.1. The number of allylic oxidation sites excluding steroid dienone is 6. The number of thiophene rings is 1. The van der Waals surface area contributed by atoms with Crippen molar-refractivity contribution in [1.29, 1.82) is 0 Å². The Hall–Kier alpha value is -3.18. The maximum Gasteiger partial charge on any atom is 0.457 e. The molecule has 0 saturated carbocycles. The van der Waals surface area contributed by atoms with Crippen molar-refractivity contribution in [2.24, 2.45) is 0 Å². The highest BCUT2D eigenvalue weighted by Crippen LogP contribution is 2.55. The van der Waals surface area contributed by atoms with Gasteiger partial charge in [-0.15, -0.1) is 11.3 Å². The fraction of sp³-hybridized carbons (Fsp3) is 0.486. The third kappa shape index (κ3) is 11.7. The van der Waals surface area contributed by atoms with Crippen LogP contribution in [0.25, 0.3) is 5.57 Å². The van der Waals surface area contributed by atoms with Gasteiger partial charge in [0.25, 0.3) is 0 Å². The van der Waals surface area contributed by atoms with Gasteiger partial charge in [0.2, 0.25) is 5.60 Å². The topological polar surface area (TPSA) is 93.0 Å². The van der Waals surface area contributed by atoms with Gasteiger partial charge in [-0.05, 0) is 66.2 Å². The van der Waals surface area contributed by atoms with Crippen LogP contribution in [-0.2, 0) is 19.8 Å². The van der Waals surface area contributed by atoms with Crippen LogP contribution in [-0.4, -0.2) is 55.8 Å². The highest BCUT2D eigenvalue weighted by atomic mass is 32.1. The molecule has 5 nitrogen and oxygen atoms in total. The Bertz CT molecular complexity index is 1460. The van der Waals surface area contributed by atoms with E-state index in [4.69, 9.17) is 5.11 Å². The van der Waals surface area contributed by atoms with Gasteiger partial charge in [-0.2, -0.15) is 43.9 Å². The third-order valence-electron chi connectivity index (χ3n) is 7.80. The molecule has 2 rings (SSSR count). The Morgan fingerprint density at radius 3 is 1.76 bits per heavy atom. The fourth-order valence-electron chi connectivity index (χ4n) is 4.34. The maximum atomic E-state index is 13.1. The molecular formula is C35H43F10NO4S.